The standard InChI is InChI=1S/C16H31N3OS/c1-12(17-8-10-20-11-9-19(6)7)14-13(2)18-15(21-14)16(3,4)5/h12,17H,8-11H2,1-7H3. The monoisotopic (exact) mass is 313 g/mol. The summed E-state index contributed by atoms with van der Waals surface area (Å²) < 4.78 is 5.60. The number of likely N-dealkylation sites (N-methyl/N-ethyl adjacent to an activating group) is 1. The van der Waals surface area contributed by atoms with E-state index in [0.717, 1.165) is 32.0 Å². The van der Waals surface area contributed by atoms with E-state index in [4.69, 9.17) is 9.72 Å². The topological polar surface area (TPSA) is 37.4 Å². The molecule has 1 aromatic rings. The molecule has 0 saturated heterocycles. The third-order valence-electron chi connectivity index (χ3n) is 3.25. The van der Waals surface area contributed by atoms with Gasteiger partial charge in [-0.05, 0) is 27.9 Å². The van der Waals surface area contributed by atoms with Crippen molar-refractivity contribution in [3.8, 4) is 0 Å². The summed E-state index contributed by atoms with van der Waals surface area (Å²) >= 11 is 1.83. The molecule has 21 heavy (non-hydrogen) atoms. The fourth-order valence-corrected chi connectivity index (χ4v) is 3.07. The number of rotatable bonds is 8. The molecule has 0 saturated carbocycles. The van der Waals surface area contributed by atoms with Gasteiger partial charge in [-0.25, -0.2) is 4.98 Å². The van der Waals surface area contributed by atoms with Crippen molar-refractivity contribution < 1.29 is 4.74 Å². The second kappa shape index (κ2) is 8.22. The van der Waals surface area contributed by atoms with Crippen molar-refractivity contribution in [1.29, 1.82) is 0 Å². The van der Waals surface area contributed by atoms with Crippen LogP contribution in [0.4, 0.5) is 0 Å². The minimum Gasteiger partial charge on any atom is -0.379 e. The number of nitrogens with zero attached hydrogens (tertiary/aromatic N) is 2. The molecule has 0 aromatic carbocycles. The molecule has 122 valence electrons. The highest BCUT2D eigenvalue weighted by atomic mass is 32.1. The van der Waals surface area contributed by atoms with Gasteiger partial charge in [-0.1, -0.05) is 20.8 Å². The molecule has 0 spiro atoms. The number of hydrogen-bond acceptors (Lipinski definition) is 5. The highest BCUT2D eigenvalue weighted by Crippen LogP contribution is 2.32. The normalized spacial score (nSPS) is 13.9. The van der Waals surface area contributed by atoms with Crippen LogP contribution in [0.3, 0.4) is 0 Å². The zero-order valence-electron chi connectivity index (χ0n) is 14.6. The molecule has 1 heterocycles. The Balaban J connectivity index is 2.39. The summed E-state index contributed by atoms with van der Waals surface area (Å²) in [7, 11) is 4.12. The first-order valence-corrected chi connectivity index (χ1v) is 8.47. The molecule has 0 radical (unpaired) electrons. The Morgan fingerprint density at radius 2 is 1.95 bits per heavy atom. The Hall–Kier alpha value is -0.490. The van der Waals surface area contributed by atoms with Crippen molar-refractivity contribution in [2.24, 2.45) is 0 Å². The lowest BCUT2D eigenvalue weighted by Crippen LogP contribution is -2.25. The van der Waals surface area contributed by atoms with E-state index in [9.17, 15) is 0 Å². The number of ether oxygens (including phenoxy) is 1. The van der Waals surface area contributed by atoms with Crippen LogP contribution in [0.25, 0.3) is 0 Å². The first-order chi connectivity index (χ1) is 9.71. The molecule has 0 bridgehead atoms. The summed E-state index contributed by atoms with van der Waals surface area (Å²) in [5.41, 5.74) is 1.28. The van der Waals surface area contributed by atoms with Crippen molar-refractivity contribution in [2.45, 2.75) is 46.1 Å². The molecule has 1 N–H and O–H groups in total. The van der Waals surface area contributed by atoms with Crippen molar-refractivity contribution in [3.63, 3.8) is 0 Å². The van der Waals surface area contributed by atoms with Gasteiger partial charge >= 0.3 is 0 Å². The second-order valence-corrected chi connectivity index (χ2v) is 7.84. The Kier molecular flexibility index (Phi) is 7.27. The molecule has 5 heteroatoms. The number of aromatic nitrogens is 1. The Morgan fingerprint density at radius 3 is 2.48 bits per heavy atom. The van der Waals surface area contributed by atoms with E-state index in [2.05, 4.69) is 58.9 Å². The Labute approximate surface area is 133 Å². The van der Waals surface area contributed by atoms with Gasteiger partial charge in [0, 0.05) is 29.4 Å². The average molecular weight is 314 g/mol. The van der Waals surface area contributed by atoms with Gasteiger partial charge in [-0.3, -0.25) is 0 Å². The molecule has 0 aliphatic rings. The zero-order valence-corrected chi connectivity index (χ0v) is 15.4. The van der Waals surface area contributed by atoms with Gasteiger partial charge in [0.2, 0.25) is 0 Å². The second-order valence-electron chi connectivity index (χ2n) is 6.81. The molecule has 1 atom stereocenters. The lowest BCUT2D eigenvalue weighted by Gasteiger charge is -2.15. The lowest BCUT2D eigenvalue weighted by molar-refractivity contribution is 0.118. The maximum Gasteiger partial charge on any atom is 0.0985 e. The minimum atomic E-state index is 0.128. The van der Waals surface area contributed by atoms with Crippen LogP contribution in [-0.2, 0) is 10.2 Å². The van der Waals surface area contributed by atoms with Gasteiger partial charge in [0.05, 0.1) is 23.9 Å². The summed E-state index contributed by atoms with van der Waals surface area (Å²) in [6.07, 6.45) is 0. The molecule has 1 unspecified atom stereocenters. The highest BCUT2D eigenvalue weighted by Gasteiger charge is 2.22. The summed E-state index contributed by atoms with van der Waals surface area (Å²) in [5.74, 6) is 0. The molecule has 1 aromatic heterocycles. The first kappa shape index (κ1) is 18.6. The van der Waals surface area contributed by atoms with E-state index < -0.39 is 0 Å². The van der Waals surface area contributed by atoms with Crippen LogP contribution in [0, 0.1) is 6.92 Å². The smallest absolute Gasteiger partial charge is 0.0985 e. The largest absolute Gasteiger partial charge is 0.379 e. The molecule has 0 fully saturated rings. The highest BCUT2D eigenvalue weighted by molar-refractivity contribution is 7.12. The number of nitrogens with one attached hydrogen (secondary N) is 1. The van der Waals surface area contributed by atoms with Crippen LogP contribution in [0.1, 0.15) is 49.3 Å². The molecule has 1 rings (SSSR count). The van der Waals surface area contributed by atoms with Crippen LogP contribution in [0.5, 0.6) is 0 Å². The molecule has 0 aliphatic heterocycles. The van der Waals surface area contributed by atoms with Crippen LogP contribution in [0.15, 0.2) is 0 Å². The Morgan fingerprint density at radius 1 is 1.29 bits per heavy atom. The molecule has 4 nitrogen and oxygen atoms in total. The maximum absolute atomic E-state index is 5.60. The maximum atomic E-state index is 5.60. The lowest BCUT2D eigenvalue weighted by atomic mass is 9.98. The van der Waals surface area contributed by atoms with Crippen molar-refractivity contribution in [1.82, 2.24) is 15.2 Å². The average Bonchev–Trinajstić information content (AvgIpc) is 2.75. The molecule has 0 amide bonds. The first-order valence-electron chi connectivity index (χ1n) is 7.65. The molecular weight excluding hydrogens is 282 g/mol. The third kappa shape index (κ3) is 6.43. The SMILES string of the molecule is Cc1nc(C(C)(C)C)sc1C(C)NCCOCCN(C)C. The number of aryl methyl sites for hydroxylation is 1. The van der Waals surface area contributed by atoms with Crippen LogP contribution < -0.4 is 5.32 Å². The van der Waals surface area contributed by atoms with E-state index in [-0.39, 0.29) is 5.41 Å². The van der Waals surface area contributed by atoms with Gasteiger partial charge in [-0.15, -0.1) is 11.3 Å². The minimum absolute atomic E-state index is 0.128. The predicted molar refractivity (Wildman–Crippen MR) is 91.3 cm³/mol. The fraction of sp³-hybridized carbons (Fsp3) is 0.812. The summed E-state index contributed by atoms with van der Waals surface area (Å²) in [6, 6.07) is 0.330. The van der Waals surface area contributed by atoms with E-state index in [1.54, 1.807) is 0 Å². The van der Waals surface area contributed by atoms with Crippen LogP contribution >= 0.6 is 11.3 Å². The van der Waals surface area contributed by atoms with E-state index >= 15 is 0 Å². The summed E-state index contributed by atoms with van der Waals surface area (Å²) in [6.45, 7) is 14.3. The number of hydrogen-bond donors (Lipinski definition) is 1. The van der Waals surface area contributed by atoms with Crippen LogP contribution in [-0.4, -0.2) is 50.3 Å². The van der Waals surface area contributed by atoms with E-state index in [1.165, 1.54) is 9.88 Å². The summed E-state index contributed by atoms with van der Waals surface area (Å²) in [4.78, 5) is 8.19. The summed E-state index contributed by atoms with van der Waals surface area (Å²) in [5, 5.41) is 4.74. The fourth-order valence-electron chi connectivity index (χ4n) is 1.92. The zero-order chi connectivity index (χ0) is 16.0. The van der Waals surface area contributed by atoms with Gasteiger partial charge < -0.3 is 15.0 Å². The van der Waals surface area contributed by atoms with Crippen molar-refractivity contribution in [3.05, 3.63) is 15.6 Å². The van der Waals surface area contributed by atoms with Crippen molar-refractivity contribution in [2.75, 3.05) is 40.4 Å². The van der Waals surface area contributed by atoms with Gasteiger partial charge in [0.1, 0.15) is 0 Å². The van der Waals surface area contributed by atoms with Gasteiger partial charge in [0.15, 0.2) is 0 Å². The predicted octanol–water partition coefficient (Wildman–Crippen LogP) is 2.98. The van der Waals surface area contributed by atoms with Gasteiger partial charge in [-0.2, -0.15) is 0 Å². The third-order valence-corrected chi connectivity index (χ3v) is 5.01. The molecule has 0 aliphatic carbocycles. The van der Waals surface area contributed by atoms with E-state index in [1.807, 2.05) is 11.3 Å². The van der Waals surface area contributed by atoms with E-state index in [0.29, 0.717) is 6.04 Å². The molecular formula is C16H31N3OS. The number of thiazole rings is 1. The van der Waals surface area contributed by atoms with Gasteiger partial charge in [0.25, 0.3) is 0 Å². The Bertz CT molecular complexity index is 424. The van der Waals surface area contributed by atoms with Crippen LogP contribution in [0.2, 0.25) is 0 Å². The quantitative estimate of drug-likeness (QED) is 0.749. The van der Waals surface area contributed by atoms with Crippen molar-refractivity contribution >= 4 is 11.3 Å².